The van der Waals surface area contributed by atoms with Crippen molar-refractivity contribution in [2.45, 2.75) is 17.9 Å². The molecule has 1 atom stereocenters. The van der Waals surface area contributed by atoms with Crippen LogP contribution in [0.15, 0.2) is 57.8 Å². The van der Waals surface area contributed by atoms with E-state index >= 15 is 0 Å². The highest BCUT2D eigenvalue weighted by atomic mass is 32.2. The van der Waals surface area contributed by atoms with E-state index in [0.29, 0.717) is 11.4 Å². The number of rotatable bonds is 4. The van der Waals surface area contributed by atoms with Crippen molar-refractivity contribution in [3.8, 4) is 0 Å². The number of nitrogens with one attached hydrogen (secondary N) is 2. The van der Waals surface area contributed by atoms with Crippen molar-refractivity contribution >= 4 is 32.8 Å². The number of hydrogen-bond donors (Lipinski definition) is 2. The molecule has 4 rings (SSSR count). The number of likely N-dealkylation sites (N-methyl/N-ethyl adjacent to an activating group) is 1. The van der Waals surface area contributed by atoms with Gasteiger partial charge in [-0.25, -0.2) is 4.98 Å². The molecule has 0 radical (unpaired) electrons. The summed E-state index contributed by atoms with van der Waals surface area (Å²) in [5.74, 6) is 0.658. The molecule has 0 saturated heterocycles. The molecule has 1 aliphatic heterocycles. The van der Waals surface area contributed by atoms with E-state index in [2.05, 4.69) is 19.7 Å². The fourth-order valence-corrected chi connectivity index (χ4v) is 4.44. The van der Waals surface area contributed by atoms with Crippen molar-refractivity contribution in [2.24, 2.45) is 4.40 Å². The predicted molar refractivity (Wildman–Crippen MR) is 105 cm³/mol. The molecule has 2 aromatic carbocycles. The first-order valence-electron chi connectivity index (χ1n) is 8.74. The summed E-state index contributed by atoms with van der Waals surface area (Å²) in [4.78, 5) is 21.9. The van der Waals surface area contributed by atoms with E-state index in [1.54, 1.807) is 25.2 Å². The highest BCUT2D eigenvalue weighted by Crippen LogP contribution is 2.26. The molecule has 1 amide bonds. The number of aromatic nitrogens is 2. The molecular weight excluding hydrogens is 378 g/mol. The molecule has 8 nitrogen and oxygen atoms in total. The summed E-state index contributed by atoms with van der Waals surface area (Å²) in [7, 11) is -2.08. The van der Waals surface area contributed by atoms with Gasteiger partial charge >= 0.3 is 0 Å². The van der Waals surface area contributed by atoms with E-state index in [4.69, 9.17) is 0 Å². The highest BCUT2D eigenvalue weighted by Gasteiger charge is 2.31. The van der Waals surface area contributed by atoms with Crippen molar-refractivity contribution < 1.29 is 13.2 Å². The van der Waals surface area contributed by atoms with Gasteiger partial charge in [-0.15, -0.1) is 4.40 Å². The Hall–Kier alpha value is -3.20. The molecule has 2 heterocycles. The zero-order valence-corrected chi connectivity index (χ0v) is 16.2. The number of hydrogen-bond acceptors (Lipinski definition) is 5. The van der Waals surface area contributed by atoms with Crippen molar-refractivity contribution in [1.29, 1.82) is 0 Å². The lowest BCUT2D eigenvalue weighted by Crippen LogP contribution is -2.39. The molecule has 1 aromatic heterocycles. The van der Waals surface area contributed by atoms with E-state index in [1.165, 1.54) is 11.0 Å². The lowest BCUT2D eigenvalue weighted by molar-refractivity contribution is -0.121. The number of imidazole rings is 1. The number of para-hydroxylation sites is 2. The van der Waals surface area contributed by atoms with Gasteiger partial charge in [0.15, 0.2) is 5.84 Å². The molecule has 28 heavy (non-hydrogen) atoms. The Balaban J connectivity index is 1.46. The van der Waals surface area contributed by atoms with Crippen molar-refractivity contribution in [3.63, 3.8) is 0 Å². The second kappa shape index (κ2) is 6.75. The highest BCUT2D eigenvalue weighted by molar-refractivity contribution is 7.90. The van der Waals surface area contributed by atoms with Gasteiger partial charge in [-0.3, -0.25) is 4.79 Å². The third kappa shape index (κ3) is 3.24. The molecule has 9 heteroatoms. The van der Waals surface area contributed by atoms with Gasteiger partial charge in [0.05, 0.1) is 23.6 Å². The Morgan fingerprint density at radius 1 is 1.18 bits per heavy atom. The third-order valence-corrected chi connectivity index (χ3v) is 5.88. The normalized spacial score (nSPS) is 15.7. The molecule has 1 aliphatic rings. The summed E-state index contributed by atoms with van der Waals surface area (Å²) in [5, 5.41) is 2.88. The number of benzene rings is 2. The van der Waals surface area contributed by atoms with Crippen LogP contribution in [0.2, 0.25) is 0 Å². The quantitative estimate of drug-likeness (QED) is 0.698. The number of aromatic amines is 1. The Kier molecular flexibility index (Phi) is 4.38. The molecule has 0 fully saturated rings. The van der Waals surface area contributed by atoms with Crippen LogP contribution in [0.3, 0.4) is 0 Å². The topological polar surface area (TPSA) is 108 Å². The van der Waals surface area contributed by atoms with E-state index < -0.39 is 10.0 Å². The van der Waals surface area contributed by atoms with Crippen molar-refractivity contribution in [1.82, 2.24) is 20.2 Å². The number of H-pyrrole nitrogens is 1. The average molecular weight is 397 g/mol. The van der Waals surface area contributed by atoms with Crippen LogP contribution in [0.1, 0.15) is 24.4 Å². The summed E-state index contributed by atoms with van der Waals surface area (Å²) in [6.07, 6.45) is 0. The number of amides is 1. The molecular formula is C19H19N5O3S. The molecule has 3 aromatic rings. The van der Waals surface area contributed by atoms with E-state index in [-0.39, 0.29) is 29.2 Å². The van der Waals surface area contributed by atoms with Crippen LogP contribution < -0.4 is 5.32 Å². The SMILES string of the molecule is CC(NC(=O)CN(C)C1=NS(=O)(=O)c2ccccc21)c1nc2ccccc2[nH]1. The van der Waals surface area contributed by atoms with Gasteiger partial charge in [0.1, 0.15) is 10.7 Å². The molecule has 0 aliphatic carbocycles. The van der Waals surface area contributed by atoms with Crippen LogP contribution in [-0.2, 0) is 14.8 Å². The maximum absolute atomic E-state index is 12.5. The van der Waals surface area contributed by atoms with Crippen LogP contribution in [0.4, 0.5) is 0 Å². The second-order valence-corrected chi connectivity index (χ2v) is 8.24. The first kappa shape index (κ1) is 18.2. The zero-order valence-electron chi connectivity index (χ0n) is 15.4. The monoisotopic (exact) mass is 397 g/mol. The van der Waals surface area contributed by atoms with Gasteiger partial charge < -0.3 is 15.2 Å². The lowest BCUT2D eigenvalue weighted by Gasteiger charge is -2.20. The summed E-state index contributed by atoms with van der Waals surface area (Å²) >= 11 is 0. The summed E-state index contributed by atoms with van der Waals surface area (Å²) in [6, 6.07) is 13.9. The number of amidine groups is 1. The fraction of sp³-hybridized carbons (Fsp3) is 0.211. The Labute approximate surface area is 162 Å². The largest absolute Gasteiger partial charge is 0.349 e. The molecule has 0 saturated carbocycles. The molecule has 144 valence electrons. The predicted octanol–water partition coefficient (Wildman–Crippen LogP) is 1.82. The van der Waals surface area contributed by atoms with E-state index in [0.717, 1.165) is 11.0 Å². The fourth-order valence-electron chi connectivity index (χ4n) is 3.19. The van der Waals surface area contributed by atoms with Crippen LogP contribution in [0.25, 0.3) is 11.0 Å². The number of carbonyl (C=O) groups excluding carboxylic acids is 1. The minimum absolute atomic E-state index is 0.0345. The first-order chi connectivity index (χ1) is 13.3. The molecule has 1 unspecified atom stereocenters. The summed E-state index contributed by atoms with van der Waals surface area (Å²) < 4.78 is 28.2. The summed E-state index contributed by atoms with van der Waals surface area (Å²) in [6.45, 7) is 1.80. The maximum Gasteiger partial charge on any atom is 0.285 e. The van der Waals surface area contributed by atoms with Crippen molar-refractivity contribution in [2.75, 3.05) is 13.6 Å². The van der Waals surface area contributed by atoms with Gasteiger partial charge in [0.2, 0.25) is 5.91 Å². The Morgan fingerprint density at radius 3 is 2.68 bits per heavy atom. The third-order valence-electron chi connectivity index (χ3n) is 4.55. The minimum Gasteiger partial charge on any atom is -0.349 e. The van der Waals surface area contributed by atoms with Gasteiger partial charge in [0.25, 0.3) is 10.0 Å². The van der Waals surface area contributed by atoms with Crippen LogP contribution in [0.5, 0.6) is 0 Å². The number of nitrogens with zero attached hydrogens (tertiary/aromatic N) is 3. The molecule has 0 bridgehead atoms. The van der Waals surface area contributed by atoms with Crippen LogP contribution in [-0.4, -0.2) is 48.6 Å². The average Bonchev–Trinajstić information content (AvgIpc) is 3.21. The number of fused-ring (bicyclic) bond motifs is 2. The number of sulfonamides is 1. The lowest BCUT2D eigenvalue weighted by atomic mass is 10.2. The zero-order chi connectivity index (χ0) is 19.9. The van der Waals surface area contributed by atoms with Crippen molar-refractivity contribution in [3.05, 3.63) is 59.9 Å². The van der Waals surface area contributed by atoms with Crippen LogP contribution >= 0.6 is 0 Å². The Bertz CT molecular complexity index is 1170. The smallest absolute Gasteiger partial charge is 0.285 e. The summed E-state index contributed by atoms with van der Waals surface area (Å²) in [5.41, 5.74) is 2.24. The van der Waals surface area contributed by atoms with E-state index in [1.807, 2.05) is 31.2 Å². The maximum atomic E-state index is 12.5. The van der Waals surface area contributed by atoms with E-state index in [9.17, 15) is 13.2 Å². The number of carbonyl (C=O) groups is 1. The first-order valence-corrected chi connectivity index (χ1v) is 10.2. The van der Waals surface area contributed by atoms with Gasteiger partial charge in [-0.2, -0.15) is 8.42 Å². The standard InChI is InChI=1S/C19H19N5O3S/c1-12(18-21-14-8-4-5-9-15(14)22-18)20-17(25)11-24(2)19-13-7-3-6-10-16(13)28(26,27)23-19/h3-10,12H,11H2,1-2H3,(H,20,25)(H,21,22). The Morgan fingerprint density at radius 2 is 1.89 bits per heavy atom. The molecule has 0 spiro atoms. The van der Waals surface area contributed by atoms with Gasteiger partial charge in [0, 0.05) is 12.6 Å². The molecule has 2 N–H and O–H groups in total. The van der Waals surface area contributed by atoms with Crippen LogP contribution in [0, 0.1) is 0 Å². The van der Waals surface area contributed by atoms with Gasteiger partial charge in [-0.05, 0) is 31.2 Å². The van der Waals surface area contributed by atoms with Gasteiger partial charge in [-0.1, -0.05) is 24.3 Å². The minimum atomic E-state index is -3.72. The second-order valence-electron chi connectivity index (χ2n) is 6.67.